The molecule has 0 saturated heterocycles. The molecule has 0 fully saturated rings. The summed E-state index contributed by atoms with van der Waals surface area (Å²) in [6, 6.07) is 3.69. The van der Waals surface area contributed by atoms with Gasteiger partial charge in [0.15, 0.2) is 0 Å². The zero-order chi connectivity index (χ0) is 15.3. The Morgan fingerprint density at radius 1 is 1.50 bits per heavy atom. The van der Waals surface area contributed by atoms with Gasteiger partial charge in [-0.3, -0.25) is 14.9 Å². The Morgan fingerprint density at radius 2 is 2.15 bits per heavy atom. The van der Waals surface area contributed by atoms with Gasteiger partial charge in [0.25, 0.3) is 11.6 Å². The summed E-state index contributed by atoms with van der Waals surface area (Å²) in [5, 5.41) is 23.0. The second kappa shape index (κ2) is 7.21. The highest BCUT2D eigenvalue weighted by atomic mass is 35.5. The molecule has 1 amide bonds. The molecule has 7 heteroatoms. The lowest BCUT2D eigenvalue weighted by molar-refractivity contribution is -0.384. The third kappa shape index (κ3) is 4.47. The van der Waals surface area contributed by atoms with Crippen LogP contribution in [0.15, 0.2) is 18.2 Å². The predicted octanol–water partition coefficient (Wildman–Crippen LogP) is 2.39. The van der Waals surface area contributed by atoms with Gasteiger partial charge in [0.1, 0.15) is 0 Å². The van der Waals surface area contributed by atoms with Gasteiger partial charge < -0.3 is 10.4 Å². The third-order valence-corrected chi connectivity index (χ3v) is 3.23. The van der Waals surface area contributed by atoms with Crippen molar-refractivity contribution in [3.05, 3.63) is 38.9 Å². The molecule has 110 valence electrons. The molecule has 1 atom stereocenters. The van der Waals surface area contributed by atoms with Gasteiger partial charge in [0, 0.05) is 18.7 Å². The lowest BCUT2D eigenvalue weighted by atomic mass is 10.0. The molecule has 2 N–H and O–H groups in total. The molecular formula is C13H17ClN2O4. The number of benzene rings is 1. The van der Waals surface area contributed by atoms with Crippen LogP contribution in [-0.4, -0.2) is 28.6 Å². The van der Waals surface area contributed by atoms with Crippen LogP contribution in [-0.2, 0) is 0 Å². The molecule has 6 nitrogen and oxygen atoms in total. The highest BCUT2D eigenvalue weighted by Gasteiger charge is 2.16. The number of nitro benzene ring substituents is 1. The molecule has 1 aromatic carbocycles. The predicted molar refractivity (Wildman–Crippen MR) is 75.9 cm³/mol. The molecule has 1 aromatic rings. The quantitative estimate of drug-likeness (QED) is 0.623. The molecule has 0 bridgehead atoms. The second-order valence-electron chi connectivity index (χ2n) is 4.78. The van der Waals surface area contributed by atoms with Crippen molar-refractivity contribution in [2.45, 2.75) is 26.4 Å². The van der Waals surface area contributed by atoms with Gasteiger partial charge in [-0.05, 0) is 18.4 Å². The molecule has 0 heterocycles. The minimum atomic E-state index is -0.588. The Balaban J connectivity index is 2.68. The van der Waals surface area contributed by atoms with E-state index in [1.54, 1.807) is 0 Å². The Morgan fingerprint density at radius 3 is 2.70 bits per heavy atom. The smallest absolute Gasteiger partial charge is 0.270 e. The van der Waals surface area contributed by atoms with E-state index in [2.05, 4.69) is 5.32 Å². The number of amides is 1. The molecule has 0 aliphatic carbocycles. The summed E-state index contributed by atoms with van der Waals surface area (Å²) in [6.45, 7) is 4.03. The molecule has 0 spiro atoms. The van der Waals surface area contributed by atoms with E-state index in [4.69, 9.17) is 11.6 Å². The maximum Gasteiger partial charge on any atom is 0.270 e. The summed E-state index contributed by atoms with van der Waals surface area (Å²) in [5.74, 6) is -0.386. The first-order valence-electron chi connectivity index (χ1n) is 6.23. The zero-order valence-electron chi connectivity index (χ0n) is 11.3. The number of nitro groups is 1. The average Bonchev–Trinajstić information content (AvgIpc) is 2.38. The molecule has 0 aromatic heterocycles. The monoisotopic (exact) mass is 300 g/mol. The summed E-state index contributed by atoms with van der Waals surface area (Å²) < 4.78 is 0. The highest BCUT2D eigenvalue weighted by Crippen LogP contribution is 2.21. The Kier molecular flexibility index (Phi) is 5.91. The summed E-state index contributed by atoms with van der Waals surface area (Å²) in [5.41, 5.74) is -0.137. The van der Waals surface area contributed by atoms with Crippen LogP contribution >= 0.6 is 11.6 Å². The Bertz CT molecular complexity index is 505. The SMILES string of the molecule is CC(C)C(O)CCNC(=O)c1cc([N+](=O)[O-])ccc1Cl. The first kappa shape index (κ1) is 16.4. The number of hydrogen-bond donors (Lipinski definition) is 2. The van der Waals surface area contributed by atoms with Crippen molar-refractivity contribution < 1.29 is 14.8 Å². The van der Waals surface area contributed by atoms with Gasteiger partial charge in [-0.1, -0.05) is 25.4 Å². The second-order valence-corrected chi connectivity index (χ2v) is 5.18. The van der Waals surface area contributed by atoms with Crippen molar-refractivity contribution in [3.8, 4) is 0 Å². The van der Waals surface area contributed by atoms with Crippen LogP contribution in [0.25, 0.3) is 0 Å². The zero-order valence-corrected chi connectivity index (χ0v) is 12.1. The third-order valence-electron chi connectivity index (χ3n) is 2.90. The Labute approximate surface area is 121 Å². The largest absolute Gasteiger partial charge is 0.393 e. The summed E-state index contributed by atoms with van der Waals surface area (Å²) >= 11 is 5.85. The minimum absolute atomic E-state index is 0.0555. The van der Waals surface area contributed by atoms with Crippen LogP contribution < -0.4 is 5.32 Å². The maximum atomic E-state index is 11.9. The standard InChI is InChI=1S/C13H17ClN2O4/c1-8(2)12(17)5-6-15-13(18)10-7-9(16(19)20)3-4-11(10)14/h3-4,7-8,12,17H,5-6H2,1-2H3,(H,15,18). The van der Waals surface area contributed by atoms with Gasteiger partial charge in [0.05, 0.1) is 21.6 Å². The number of hydrogen-bond acceptors (Lipinski definition) is 4. The first-order valence-corrected chi connectivity index (χ1v) is 6.61. The number of carbonyl (C=O) groups excluding carboxylic acids is 1. The number of aliphatic hydroxyl groups is 1. The molecular weight excluding hydrogens is 284 g/mol. The van der Waals surface area contributed by atoms with E-state index in [-0.39, 0.29) is 28.7 Å². The van der Waals surface area contributed by atoms with Crippen LogP contribution in [0.3, 0.4) is 0 Å². The van der Waals surface area contributed by atoms with Crippen LogP contribution in [0, 0.1) is 16.0 Å². The summed E-state index contributed by atoms with van der Waals surface area (Å²) in [4.78, 5) is 22.0. The van der Waals surface area contributed by atoms with Gasteiger partial charge in [-0.25, -0.2) is 0 Å². The van der Waals surface area contributed by atoms with Crippen molar-refractivity contribution in [1.82, 2.24) is 5.32 Å². The summed E-state index contributed by atoms with van der Waals surface area (Å²) in [6.07, 6.45) is -0.0912. The van der Waals surface area contributed by atoms with Gasteiger partial charge >= 0.3 is 0 Å². The van der Waals surface area contributed by atoms with E-state index in [0.29, 0.717) is 6.42 Å². The van der Waals surface area contributed by atoms with E-state index in [0.717, 1.165) is 6.07 Å². The molecule has 0 aliphatic rings. The molecule has 0 aliphatic heterocycles. The molecule has 1 rings (SSSR count). The average molecular weight is 301 g/mol. The van der Waals surface area contributed by atoms with Gasteiger partial charge in [0.2, 0.25) is 0 Å². The van der Waals surface area contributed by atoms with E-state index >= 15 is 0 Å². The minimum Gasteiger partial charge on any atom is -0.393 e. The van der Waals surface area contributed by atoms with Gasteiger partial charge in [-0.2, -0.15) is 0 Å². The number of carbonyl (C=O) groups is 1. The fourth-order valence-corrected chi connectivity index (χ4v) is 1.77. The molecule has 0 radical (unpaired) electrons. The lowest BCUT2D eigenvalue weighted by Gasteiger charge is -2.14. The molecule has 0 saturated carbocycles. The first-order chi connectivity index (χ1) is 9.32. The van der Waals surface area contributed by atoms with Crippen molar-refractivity contribution >= 4 is 23.2 Å². The number of non-ortho nitro benzene ring substituents is 1. The lowest BCUT2D eigenvalue weighted by Crippen LogP contribution is -2.28. The number of aliphatic hydroxyl groups excluding tert-OH is 1. The molecule has 1 unspecified atom stereocenters. The van der Waals surface area contributed by atoms with E-state index < -0.39 is 16.9 Å². The van der Waals surface area contributed by atoms with E-state index in [1.165, 1.54) is 12.1 Å². The Hall–Kier alpha value is -1.66. The summed E-state index contributed by atoms with van der Waals surface area (Å²) in [7, 11) is 0. The van der Waals surface area contributed by atoms with E-state index in [1.807, 2.05) is 13.8 Å². The van der Waals surface area contributed by atoms with E-state index in [9.17, 15) is 20.0 Å². The van der Waals surface area contributed by atoms with Crippen LogP contribution in [0.5, 0.6) is 0 Å². The fraction of sp³-hybridized carbons (Fsp3) is 0.462. The van der Waals surface area contributed by atoms with Gasteiger partial charge in [-0.15, -0.1) is 0 Å². The fourth-order valence-electron chi connectivity index (χ4n) is 1.56. The number of nitrogens with one attached hydrogen (secondary N) is 1. The van der Waals surface area contributed by atoms with Crippen LogP contribution in [0.4, 0.5) is 5.69 Å². The normalized spacial score (nSPS) is 12.2. The van der Waals surface area contributed by atoms with Crippen LogP contribution in [0.2, 0.25) is 5.02 Å². The van der Waals surface area contributed by atoms with Crippen LogP contribution in [0.1, 0.15) is 30.6 Å². The van der Waals surface area contributed by atoms with Crippen molar-refractivity contribution in [2.24, 2.45) is 5.92 Å². The topological polar surface area (TPSA) is 92.5 Å². The van der Waals surface area contributed by atoms with Crippen molar-refractivity contribution in [2.75, 3.05) is 6.54 Å². The molecule has 20 heavy (non-hydrogen) atoms. The number of rotatable bonds is 6. The van der Waals surface area contributed by atoms with Crippen molar-refractivity contribution in [3.63, 3.8) is 0 Å². The number of nitrogens with zero attached hydrogens (tertiary/aromatic N) is 1. The van der Waals surface area contributed by atoms with Crippen molar-refractivity contribution in [1.29, 1.82) is 0 Å². The highest BCUT2D eigenvalue weighted by molar-refractivity contribution is 6.33. The maximum absolute atomic E-state index is 11.9. The number of halogens is 1.